The van der Waals surface area contributed by atoms with E-state index in [4.69, 9.17) is 5.11 Å². The molecular formula is C10H18N2O3. The molecule has 15 heavy (non-hydrogen) atoms. The second-order valence-corrected chi connectivity index (χ2v) is 4.15. The van der Waals surface area contributed by atoms with Gasteiger partial charge in [0.05, 0.1) is 0 Å². The predicted octanol–water partition coefficient (Wildman–Crippen LogP) is -0.0825. The number of hydrogen-bond acceptors (Lipinski definition) is 3. The second-order valence-electron chi connectivity index (χ2n) is 4.15. The molecule has 1 unspecified atom stereocenters. The Morgan fingerprint density at radius 1 is 1.47 bits per heavy atom. The summed E-state index contributed by atoms with van der Waals surface area (Å²) in [4.78, 5) is 23.6. The highest BCUT2D eigenvalue weighted by Crippen LogP contribution is 2.32. The zero-order valence-corrected chi connectivity index (χ0v) is 9.19. The smallest absolute Gasteiger partial charge is 0.320 e. The number of rotatable bonds is 6. The maximum atomic E-state index is 11.2. The minimum absolute atomic E-state index is 0.0161. The Morgan fingerprint density at radius 2 is 2.07 bits per heavy atom. The van der Waals surface area contributed by atoms with Gasteiger partial charge < -0.3 is 15.3 Å². The van der Waals surface area contributed by atoms with E-state index in [9.17, 15) is 9.59 Å². The standard InChI is InChI=1S/C10H18N2O3/c1-12(2)8(13)5-6-11-9(10(14)15)7-3-4-7/h7,9,11H,3-6H2,1-2H3,(H,14,15). The van der Waals surface area contributed by atoms with Crippen molar-refractivity contribution in [2.45, 2.75) is 25.3 Å². The van der Waals surface area contributed by atoms with Gasteiger partial charge in [-0.2, -0.15) is 0 Å². The van der Waals surface area contributed by atoms with Gasteiger partial charge in [-0.15, -0.1) is 0 Å². The number of carboxylic acid groups (broad SMARTS) is 1. The van der Waals surface area contributed by atoms with Gasteiger partial charge in [0.1, 0.15) is 6.04 Å². The van der Waals surface area contributed by atoms with Crippen molar-refractivity contribution in [2.24, 2.45) is 5.92 Å². The third-order valence-corrected chi connectivity index (χ3v) is 2.56. The number of aliphatic carboxylic acids is 1. The van der Waals surface area contributed by atoms with Crippen molar-refractivity contribution in [3.05, 3.63) is 0 Å². The number of amides is 1. The zero-order chi connectivity index (χ0) is 11.4. The summed E-state index contributed by atoms with van der Waals surface area (Å²) in [5.41, 5.74) is 0. The summed E-state index contributed by atoms with van der Waals surface area (Å²) in [6.07, 6.45) is 2.31. The number of carboxylic acids is 1. The van der Waals surface area contributed by atoms with Crippen LogP contribution in [0, 0.1) is 5.92 Å². The number of nitrogens with zero attached hydrogens (tertiary/aromatic N) is 1. The van der Waals surface area contributed by atoms with Crippen LogP contribution < -0.4 is 5.32 Å². The summed E-state index contributed by atoms with van der Waals surface area (Å²) in [5.74, 6) is -0.533. The van der Waals surface area contributed by atoms with Gasteiger partial charge in [-0.1, -0.05) is 0 Å². The van der Waals surface area contributed by atoms with Crippen molar-refractivity contribution in [3.63, 3.8) is 0 Å². The predicted molar refractivity (Wildman–Crippen MR) is 55.5 cm³/mol. The first kappa shape index (κ1) is 12.0. The van der Waals surface area contributed by atoms with Crippen LogP contribution in [0.5, 0.6) is 0 Å². The first-order valence-corrected chi connectivity index (χ1v) is 5.18. The van der Waals surface area contributed by atoms with Crippen LogP contribution in [0.1, 0.15) is 19.3 Å². The molecule has 0 radical (unpaired) electrons. The number of hydrogen-bond donors (Lipinski definition) is 2. The Morgan fingerprint density at radius 3 is 2.47 bits per heavy atom. The van der Waals surface area contributed by atoms with Gasteiger partial charge in [0, 0.05) is 27.1 Å². The molecule has 5 nitrogen and oxygen atoms in total. The minimum atomic E-state index is -0.810. The van der Waals surface area contributed by atoms with Crippen LogP contribution in [0.3, 0.4) is 0 Å². The first-order chi connectivity index (χ1) is 7.02. The van der Waals surface area contributed by atoms with Gasteiger partial charge in [-0.05, 0) is 18.8 Å². The van der Waals surface area contributed by atoms with E-state index in [2.05, 4.69) is 5.32 Å². The van der Waals surface area contributed by atoms with E-state index >= 15 is 0 Å². The molecule has 1 fully saturated rings. The summed E-state index contributed by atoms with van der Waals surface area (Å²) >= 11 is 0. The highest BCUT2D eigenvalue weighted by Gasteiger charge is 2.35. The summed E-state index contributed by atoms with van der Waals surface area (Å²) in [5, 5.41) is 11.8. The van der Waals surface area contributed by atoms with Gasteiger partial charge in [-0.25, -0.2) is 0 Å². The van der Waals surface area contributed by atoms with Gasteiger partial charge >= 0.3 is 5.97 Å². The average Bonchev–Trinajstić information content (AvgIpc) is 2.94. The van der Waals surface area contributed by atoms with Crippen LogP contribution >= 0.6 is 0 Å². The summed E-state index contributed by atoms with van der Waals surface area (Å²) < 4.78 is 0. The largest absolute Gasteiger partial charge is 0.480 e. The monoisotopic (exact) mass is 214 g/mol. The molecule has 0 saturated heterocycles. The summed E-state index contributed by atoms with van der Waals surface area (Å²) in [7, 11) is 3.38. The lowest BCUT2D eigenvalue weighted by Gasteiger charge is -2.14. The van der Waals surface area contributed by atoms with E-state index in [1.165, 1.54) is 4.90 Å². The van der Waals surface area contributed by atoms with Crippen molar-refractivity contribution in [2.75, 3.05) is 20.6 Å². The molecule has 1 amide bonds. The van der Waals surface area contributed by atoms with Crippen molar-refractivity contribution in [1.82, 2.24) is 10.2 Å². The van der Waals surface area contributed by atoms with E-state index in [0.29, 0.717) is 13.0 Å². The molecule has 1 aliphatic carbocycles. The molecule has 0 heterocycles. The Balaban J connectivity index is 2.22. The van der Waals surface area contributed by atoms with Crippen molar-refractivity contribution in [3.8, 4) is 0 Å². The fourth-order valence-electron chi connectivity index (χ4n) is 1.44. The van der Waals surface area contributed by atoms with Crippen LogP contribution in [0.4, 0.5) is 0 Å². The molecule has 2 N–H and O–H groups in total. The van der Waals surface area contributed by atoms with Gasteiger partial charge in [0.2, 0.25) is 5.91 Å². The molecule has 1 aliphatic rings. The molecule has 1 atom stereocenters. The third kappa shape index (κ3) is 3.87. The molecule has 0 aliphatic heterocycles. The number of carbonyl (C=O) groups excluding carboxylic acids is 1. The Hall–Kier alpha value is -1.10. The summed E-state index contributed by atoms with van der Waals surface area (Å²) in [6, 6.07) is -0.472. The van der Waals surface area contributed by atoms with Crippen LogP contribution in [0.2, 0.25) is 0 Å². The lowest BCUT2D eigenvalue weighted by molar-refractivity contribution is -0.140. The quantitative estimate of drug-likeness (QED) is 0.648. The molecule has 0 aromatic carbocycles. The molecule has 0 aromatic rings. The van der Waals surface area contributed by atoms with E-state index in [0.717, 1.165) is 12.8 Å². The molecule has 1 rings (SSSR count). The van der Waals surface area contributed by atoms with Gasteiger partial charge in [0.15, 0.2) is 0 Å². The Labute approximate surface area is 89.4 Å². The number of nitrogens with one attached hydrogen (secondary N) is 1. The van der Waals surface area contributed by atoms with Crippen LogP contribution in [0.15, 0.2) is 0 Å². The van der Waals surface area contributed by atoms with Crippen molar-refractivity contribution < 1.29 is 14.7 Å². The Bertz CT molecular complexity index is 249. The van der Waals surface area contributed by atoms with Crippen molar-refractivity contribution in [1.29, 1.82) is 0 Å². The highest BCUT2D eigenvalue weighted by atomic mass is 16.4. The lowest BCUT2D eigenvalue weighted by Crippen LogP contribution is -2.40. The number of carbonyl (C=O) groups is 2. The Kier molecular flexibility index (Phi) is 4.08. The van der Waals surface area contributed by atoms with Crippen LogP contribution in [0.25, 0.3) is 0 Å². The highest BCUT2D eigenvalue weighted by molar-refractivity contribution is 5.76. The van der Waals surface area contributed by atoms with Crippen LogP contribution in [-0.2, 0) is 9.59 Å². The van der Waals surface area contributed by atoms with Gasteiger partial charge in [0.25, 0.3) is 0 Å². The molecular weight excluding hydrogens is 196 g/mol. The van der Waals surface area contributed by atoms with E-state index in [-0.39, 0.29) is 11.8 Å². The molecule has 5 heteroatoms. The topological polar surface area (TPSA) is 69.6 Å². The molecule has 0 bridgehead atoms. The van der Waals surface area contributed by atoms with Gasteiger partial charge in [-0.3, -0.25) is 9.59 Å². The second kappa shape index (κ2) is 5.11. The lowest BCUT2D eigenvalue weighted by atomic mass is 10.2. The first-order valence-electron chi connectivity index (χ1n) is 5.18. The minimum Gasteiger partial charge on any atom is -0.480 e. The SMILES string of the molecule is CN(C)C(=O)CCNC(C(=O)O)C1CC1. The van der Waals surface area contributed by atoms with E-state index in [1.807, 2.05) is 0 Å². The maximum Gasteiger partial charge on any atom is 0.320 e. The summed E-state index contributed by atoms with van der Waals surface area (Å²) in [6.45, 7) is 0.435. The van der Waals surface area contributed by atoms with Crippen LogP contribution in [-0.4, -0.2) is 48.6 Å². The molecule has 86 valence electrons. The normalized spacial score (nSPS) is 17.2. The average molecular weight is 214 g/mol. The molecule has 1 saturated carbocycles. The fourth-order valence-corrected chi connectivity index (χ4v) is 1.44. The van der Waals surface area contributed by atoms with E-state index < -0.39 is 12.0 Å². The fraction of sp³-hybridized carbons (Fsp3) is 0.800. The maximum absolute atomic E-state index is 11.2. The third-order valence-electron chi connectivity index (χ3n) is 2.56. The van der Waals surface area contributed by atoms with E-state index in [1.54, 1.807) is 14.1 Å². The zero-order valence-electron chi connectivity index (χ0n) is 9.19. The van der Waals surface area contributed by atoms with Crippen molar-refractivity contribution >= 4 is 11.9 Å². The molecule has 0 spiro atoms. The molecule has 0 aromatic heterocycles.